The molecule has 4 rings (SSSR count). The van der Waals surface area contributed by atoms with E-state index in [0.29, 0.717) is 17.3 Å². The van der Waals surface area contributed by atoms with E-state index >= 15 is 0 Å². The third-order valence-electron chi connectivity index (χ3n) is 10.1. The third kappa shape index (κ3) is 3.79. The first kappa shape index (κ1) is 22.2. The molecule has 162 valence electrons. The Bertz CT molecular complexity index is 543. The van der Waals surface area contributed by atoms with Crippen LogP contribution in [0, 0.1) is 46.3 Å². The predicted molar refractivity (Wildman–Crippen MR) is 117 cm³/mol. The highest BCUT2D eigenvalue weighted by Crippen LogP contribution is 2.68. The van der Waals surface area contributed by atoms with E-state index in [0.717, 1.165) is 48.3 Å². The van der Waals surface area contributed by atoms with Crippen LogP contribution in [0.15, 0.2) is 0 Å². The molecule has 4 unspecified atom stereocenters. The van der Waals surface area contributed by atoms with E-state index in [2.05, 4.69) is 20.8 Å². The normalized spacial score (nSPS) is 47.2. The summed E-state index contributed by atoms with van der Waals surface area (Å²) in [6.45, 7) is 11.7. The first-order valence-corrected chi connectivity index (χ1v) is 12.6. The number of hydrogen-bond donors (Lipinski definition) is 1. The largest absolute Gasteiger partial charge is 0.481 e. The molecular weight excluding hydrogens is 344 g/mol. The molecule has 0 spiro atoms. The van der Waals surface area contributed by atoms with E-state index in [1.165, 1.54) is 57.8 Å². The van der Waals surface area contributed by atoms with Gasteiger partial charge in [-0.3, -0.25) is 4.79 Å². The van der Waals surface area contributed by atoms with Crippen LogP contribution in [0.2, 0.25) is 0 Å². The number of carboxylic acid groups (broad SMARTS) is 1. The zero-order valence-corrected chi connectivity index (χ0v) is 19.3. The van der Waals surface area contributed by atoms with Crippen LogP contribution >= 0.6 is 0 Å². The predicted octanol–water partition coefficient (Wildman–Crippen LogP) is 7.56. The van der Waals surface area contributed by atoms with Gasteiger partial charge in [0.2, 0.25) is 0 Å². The molecule has 0 bridgehead atoms. The zero-order chi connectivity index (χ0) is 20.5. The van der Waals surface area contributed by atoms with Gasteiger partial charge in [-0.15, -0.1) is 0 Å². The number of carbonyl (C=O) groups is 1. The maximum absolute atomic E-state index is 10.9. The van der Waals surface area contributed by atoms with Gasteiger partial charge in [-0.2, -0.15) is 0 Å². The highest BCUT2D eigenvalue weighted by Gasteiger charge is 2.59. The summed E-state index contributed by atoms with van der Waals surface area (Å²) < 4.78 is 0. The molecule has 0 radical (unpaired) electrons. The molecule has 4 saturated carbocycles. The van der Waals surface area contributed by atoms with Crippen molar-refractivity contribution >= 4 is 5.97 Å². The van der Waals surface area contributed by atoms with E-state index < -0.39 is 5.97 Å². The Kier molecular flexibility index (Phi) is 6.87. The lowest BCUT2D eigenvalue weighted by atomic mass is 9.44. The second-order valence-electron chi connectivity index (χ2n) is 11.1. The van der Waals surface area contributed by atoms with Gasteiger partial charge in [-0.1, -0.05) is 41.0 Å². The summed E-state index contributed by atoms with van der Waals surface area (Å²) in [5.41, 5.74) is 1.13. The van der Waals surface area contributed by atoms with Crippen molar-refractivity contribution in [2.45, 2.75) is 112 Å². The fourth-order valence-electron chi connectivity index (χ4n) is 8.56. The standard InChI is InChI=1S/C24H40O2.C2H6/c1-16-11-13-24(3)18(15-16)7-9-19-20-10-8-17(5-4-6-22(25)26)23(20,2)14-12-21(19)24;1-2/h16-21H,4-15H2,1-3H3,(H,25,26);1-2H3/t16?,17-,18+,19?,20?,21?,23+,24-;/m0./s1. The monoisotopic (exact) mass is 390 g/mol. The third-order valence-corrected chi connectivity index (χ3v) is 10.1. The van der Waals surface area contributed by atoms with Crippen LogP contribution in [0.1, 0.15) is 112 Å². The maximum Gasteiger partial charge on any atom is 0.303 e. The molecular formula is C26H46O2. The fraction of sp³-hybridized carbons (Fsp3) is 0.962. The Morgan fingerprint density at radius 1 is 0.929 bits per heavy atom. The first-order valence-electron chi connectivity index (χ1n) is 12.6. The van der Waals surface area contributed by atoms with Gasteiger partial charge >= 0.3 is 5.97 Å². The Morgan fingerprint density at radius 2 is 1.61 bits per heavy atom. The molecule has 4 aliphatic carbocycles. The summed E-state index contributed by atoms with van der Waals surface area (Å²) in [5.74, 6) is 4.97. The smallest absolute Gasteiger partial charge is 0.303 e. The summed E-state index contributed by atoms with van der Waals surface area (Å²) in [6.07, 6.45) is 15.4. The summed E-state index contributed by atoms with van der Waals surface area (Å²) >= 11 is 0. The van der Waals surface area contributed by atoms with Crippen molar-refractivity contribution in [3.05, 3.63) is 0 Å². The van der Waals surface area contributed by atoms with Gasteiger partial charge in [0.05, 0.1) is 0 Å². The average Bonchev–Trinajstić information content (AvgIpc) is 3.00. The van der Waals surface area contributed by atoms with E-state index in [1.54, 1.807) is 0 Å². The van der Waals surface area contributed by atoms with Crippen molar-refractivity contribution < 1.29 is 9.90 Å². The van der Waals surface area contributed by atoms with Gasteiger partial charge in [-0.05, 0) is 111 Å². The molecule has 0 aromatic carbocycles. The van der Waals surface area contributed by atoms with E-state index in [1.807, 2.05) is 13.8 Å². The summed E-state index contributed by atoms with van der Waals surface area (Å²) in [7, 11) is 0. The SMILES string of the molecule is CC.CC1CC[C@]2(C)C3CC[C@@]4(C)C(CC[C@@H]4CCCC(=O)O)C3CC[C@@H]2C1. The zero-order valence-electron chi connectivity index (χ0n) is 19.3. The minimum Gasteiger partial charge on any atom is -0.481 e. The van der Waals surface area contributed by atoms with Crippen molar-refractivity contribution in [3.63, 3.8) is 0 Å². The maximum atomic E-state index is 10.9. The van der Waals surface area contributed by atoms with Gasteiger partial charge in [0.25, 0.3) is 0 Å². The summed E-state index contributed by atoms with van der Waals surface area (Å²) in [4.78, 5) is 10.9. The van der Waals surface area contributed by atoms with Crippen LogP contribution in [0.5, 0.6) is 0 Å². The topological polar surface area (TPSA) is 37.3 Å². The quantitative estimate of drug-likeness (QED) is 0.537. The van der Waals surface area contributed by atoms with Crippen LogP contribution < -0.4 is 0 Å². The first-order chi connectivity index (χ1) is 13.3. The minimum absolute atomic E-state index is 0.362. The van der Waals surface area contributed by atoms with Crippen molar-refractivity contribution in [3.8, 4) is 0 Å². The highest BCUT2D eigenvalue weighted by atomic mass is 16.4. The summed E-state index contributed by atoms with van der Waals surface area (Å²) in [5, 5.41) is 9.00. The minimum atomic E-state index is -0.619. The van der Waals surface area contributed by atoms with Crippen LogP contribution in [0.4, 0.5) is 0 Å². The van der Waals surface area contributed by atoms with Crippen molar-refractivity contribution in [2.24, 2.45) is 46.3 Å². The Morgan fingerprint density at radius 3 is 2.32 bits per heavy atom. The number of carboxylic acids is 1. The van der Waals surface area contributed by atoms with Crippen molar-refractivity contribution in [1.29, 1.82) is 0 Å². The summed E-state index contributed by atoms with van der Waals surface area (Å²) in [6, 6.07) is 0. The van der Waals surface area contributed by atoms with Crippen molar-refractivity contribution in [2.75, 3.05) is 0 Å². The van der Waals surface area contributed by atoms with Crippen molar-refractivity contribution in [1.82, 2.24) is 0 Å². The van der Waals surface area contributed by atoms with E-state index in [4.69, 9.17) is 5.11 Å². The second-order valence-corrected chi connectivity index (χ2v) is 11.1. The Balaban J connectivity index is 0.00000109. The fourth-order valence-corrected chi connectivity index (χ4v) is 8.56. The number of hydrogen-bond acceptors (Lipinski definition) is 1. The van der Waals surface area contributed by atoms with Gasteiger partial charge in [0.15, 0.2) is 0 Å². The molecule has 28 heavy (non-hydrogen) atoms. The molecule has 1 N–H and O–H groups in total. The van der Waals surface area contributed by atoms with Crippen LogP contribution in [0.3, 0.4) is 0 Å². The number of rotatable bonds is 4. The van der Waals surface area contributed by atoms with Crippen LogP contribution in [0.25, 0.3) is 0 Å². The van der Waals surface area contributed by atoms with Crippen LogP contribution in [-0.2, 0) is 4.79 Å². The molecule has 0 amide bonds. The number of fused-ring (bicyclic) bond motifs is 5. The van der Waals surface area contributed by atoms with Gasteiger partial charge in [-0.25, -0.2) is 0 Å². The van der Waals surface area contributed by atoms with Crippen LogP contribution in [-0.4, -0.2) is 11.1 Å². The Hall–Kier alpha value is -0.530. The highest BCUT2D eigenvalue weighted by molar-refractivity contribution is 5.66. The second kappa shape index (κ2) is 8.68. The number of aliphatic carboxylic acids is 1. The van der Waals surface area contributed by atoms with Gasteiger partial charge in [0.1, 0.15) is 0 Å². The molecule has 4 aliphatic rings. The lowest BCUT2D eigenvalue weighted by Gasteiger charge is -2.61. The molecule has 0 aromatic heterocycles. The average molecular weight is 391 g/mol. The van der Waals surface area contributed by atoms with E-state index in [9.17, 15) is 4.79 Å². The molecule has 0 saturated heterocycles. The molecule has 4 fully saturated rings. The molecule has 0 aliphatic heterocycles. The molecule has 0 aromatic rings. The molecule has 2 nitrogen and oxygen atoms in total. The Labute approximate surface area is 174 Å². The molecule has 0 heterocycles. The molecule has 8 atom stereocenters. The van der Waals surface area contributed by atoms with Gasteiger partial charge < -0.3 is 5.11 Å². The lowest BCUT2D eigenvalue weighted by Crippen LogP contribution is -2.53. The van der Waals surface area contributed by atoms with Gasteiger partial charge in [0, 0.05) is 6.42 Å². The lowest BCUT2D eigenvalue weighted by molar-refractivity contribution is -0.137. The van der Waals surface area contributed by atoms with E-state index in [-0.39, 0.29) is 0 Å². The molecule has 2 heteroatoms.